The second-order valence-electron chi connectivity index (χ2n) is 16.1. The van der Waals surface area contributed by atoms with E-state index in [1.807, 2.05) is 132 Å². The highest BCUT2D eigenvalue weighted by Crippen LogP contribution is 2.25. The van der Waals surface area contributed by atoms with E-state index < -0.39 is 11.8 Å². The van der Waals surface area contributed by atoms with E-state index in [0.29, 0.717) is 40.0 Å². The van der Waals surface area contributed by atoms with Crippen LogP contribution in [-0.4, -0.2) is 68.3 Å². The van der Waals surface area contributed by atoms with Crippen LogP contribution in [0, 0.1) is 4.64 Å². The number of hydrogen-bond acceptors (Lipinski definition) is 15. The Labute approximate surface area is 436 Å². The number of fused-ring (bicyclic) bond motifs is 2. The molecule has 8 aromatic heterocycles. The highest BCUT2D eigenvalue weighted by molar-refractivity contribution is 7.71. The SMILES string of the molecule is COC(=O)c1cccnc1C(=O)c1ccccn1.NNCc1ccccc1.O=c1c2cccnc2c(-c2ccccn2)nn1Cc1ccccc1.S=c1c2cccnc2c(-c2ccccn2)nn1Cc1ccccc1. The van der Waals surface area contributed by atoms with Gasteiger partial charge in [-0.25, -0.2) is 14.2 Å². The summed E-state index contributed by atoms with van der Waals surface area (Å²) in [5.41, 5.74) is 10.4. The monoisotopic (exact) mass is 1010 g/mol. The van der Waals surface area contributed by atoms with E-state index in [2.05, 4.69) is 57.3 Å². The van der Waals surface area contributed by atoms with E-state index >= 15 is 0 Å². The van der Waals surface area contributed by atoms with Gasteiger partial charge in [-0.2, -0.15) is 10.2 Å². The van der Waals surface area contributed by atoms with Crippen molar-refractivity contribution in [3.63, 3.8) is 0 Å². The first-order valence-electron chi connectivity index (χ1n) is 23.4. The minimum atomic E-state index is -0.595. The van der Waals surface area contributed by atoms with Crippen LogP contribution in [0.15, 0.2) is 224 Å². The van der Waals surface area contributed by atoms with Crippen LogP contribution in [0.2, 0.25) is 0 Å². The molecule has 0 aliphatic rings. The molecule has 3 aromatic carbocycles. The molecule has 0 fully saturated rings. The van der Waals surface area contributed by atoms with Crippen molar-refractivity contribution in [3.8, 4) is 22.8 Å². The third-order valence-corrected chi connectivity index (χ3v) is 11.5. The molecule has 370 valence electrons. The minimum absolute atomic E-state index is 0.0445. The van der Waals surface area contributed by atoms with E-state index in [9.17, 15) is 14.4 Å². The molecule has 0 amide bonds. The summed E-state index contributed by atoms with van der Waals surface area (Å²) in [6, 6.07) is 56.8. The van der Waals surface area contributed by atoms with Gasteiger partial charge in [0.25, 0.3) is 5.56 Å². The molecule has 8 heterocycles. The predicted molar refractivity (Wildman–Crippen MR) is 290 cm³/mol. The summed E-state index contributed by atoms with van der Waals surface area (Å²) in [5.74, 6) is 4.11. The van der Waals surface area contributed by atoms with Gasteiger partial charge in [0.2, 0.25) is 5.78 Å². The Morgan fingerprint density at radius 1 is 0.520 bits per heavy atom. The molecule has 0 saturated heterocycles. The Bertz CT molecular complexity index is 3570. The maximum atomic E-state index is 12.8. The third kappa shape index (κ3) is 13.4. The normalized spacial score (nSPS) is 10.4. The molecule has 17 heteroatoms. The zero-order valence-electron chi connectivity index (χ0n) is 40.5. The van der Waals surface area contributed by atoms with Crippen LogP contribution in [0.3, 0.4) is 0 Å². The summed E-state index contributed by atoms with van der Waals surface area (Å²) in [6.45, 7) is 1.76. The Balaban J connectivity index is 0.000000139. The van der Waals surface area contributed by atoms with Crippen LogP contribution in [0.1, 0.15) is 43.2 Å². The standard InChI is InChI=1S/C19H14N4O.C19H14N4S.C13H10N2O3.C7H10N2/c2*24-19-15-9-6-12-21-17(15)18(16-10-4-5-11-20-16)22-23(19)13-14-7-2-1-3-8-14;1-18-13(17)9-5-4-8-15-11(9)12(16)10-6-2-3-7-14-10;8-9-6-7-4-2-1-3-5-7/h2*1-12H,13H2;2-8H,1H3;1-5,9H,6,8H2. The molecule has 11 aromatic rings. The molecule has 0 unspecified atom stereocenters. The molecule has 75 heavy (non-hydrogen) atoms. The van der Waals surface area contributed by atoms with Crippen LogP contribution >= 0.6 is 12.2 Å². The summed E-state index contributed by atoms with van der Waals surface area (Å²) >= 11 is 5.64. The lowest BCUT2D eigenvalue weighted by molar-refractivity contribution is 0.0596. The minimum Gasteiger partial charge on any atom is -0.465 e. The topological polar surface area (TPSA) is 211 Å². The van der Waals surface area contributed by atoms with Crippen LogP contribution < -0.4 is 16.8 Å². The lowest BCUT2D eigenvalue weighted by Crippen LogP contribution is -2.24. The molecule has 11 rings (SSSR count). The number of rotatable bonds is 11. The number of nitrogens with one attached hydrogen (secondary N) is 1. The molecule has 16 nitrogen and oxygen atoms in total. The molecule has 0 radical (unpaired) electrons. The number of hydrogen-bond donors (Lipinski definition) is 2. The van der Waals surface area contributed by atoms with Crippen LogP contribution in [0.4, 0.5) is 0 Å². The van der Waals surface area contributed by atoms with Crippen molar-refractivity contribution in [2.24, 2.45) is 5.84 Å². The number of nitrogens with zero attached hydrogens (tertiary/aromatic N) is 10. The Hall–Kier alpha value is -9.68. The van der Waals surface area contributed by atoms with Gasteiger partial charge in [0.15, 0.2) is 0 Å². The zero-order chi connectivity index (χ0) is 52.2. The molecule has 0 atom stereocenters. The number of nitrogens with two attached hydrogens (primary N) is 1. The number of carbonyl (C=O) groups is 2. The largest absolute Gasteiger partial charge is 0.465 e. The van der Waals surface area contributed by atoms with Crippen molar-refractivity contribution >= 4 is 45.8 Å². The average Bonchev–Trinajstić information content (AvgIpc) is 3.48. The van der Waals surface area contributed by atoms with Gasteiger partial charge in [0.1, 0.15) is 38.4 Å². The lowest BCUT2D eigenvalue weighted by Gasteiger charge is -2.11. The van der Waals surface area contributed by atoms with Crippen molar-refractivity contribution in [1.82, 2.24) is 54.9 Å². The van der Waals surface area contributed by atoms with Gasteiger partial charge in [-0.15, -0.1) is 0 Å². The number of aromatic nitrogens is 10. The Morgan fingerprint density at radius 2 is 0.987 bits per heavy atom. The molecule has 0 aliphatic heterocycles. The lowest BCUT2D eigenvalue weighted by atomic mass is 10.1. The summed E-state index contributed by atoms with van der Waals surface area (Å²) in [4.78, 5) is 61.9. The van der Waals surface area contributed by atoms with Crippen molar-refractivity contribution in [2.45, 2.75) is 19.6 Å². The number of methoxy groups -OCH3 is 1. The number of esters is 1. The number of ketones is 1. The fourth-order valence-corrected chi connectivity index (χ4v) is 7.78. The van der Waals surface area contributed by atoms with Crippen LogP contribution in [0.25, 0.3) is 44.6 Å². The number of ether oxygens (including phenoxy) is 1. The van der Waals surface area contributed by atoms with Gasteiger partial charge in [0.05, 0.1) is 42.5 Å². The summed E-state index contributed by atoms with van der Waals surface area (Å²) in [6.07, 6.45) is 9.84. The smallest absolute Gasteiger partial charge is 0.340 e. The van der Waals surface area contributed by atoms with E-state index in [-0.39, 0.29) is 22.5 Å². The molecule has 0 bridgehead atoms. The molecular weight excluding hydrogens is 961 g/mol. The molecule has 0 spiro atoms. The van der Waals surface area contributed by atoms with Crippen LogP contribution in [-0.2, 0) is 24.4 Å². The van der Waals surface area contributed by atoms with Gasteiger partial charge < -0.3 is 4.74 Å². The summed E-state index contributed by atoms with van der Waals surface area (Å²) in [5, 5.41) is 10.8. The fraction of sp³-hybridized carbons (Fsp3) is 0.0690. The first-order valence-corrected chi connectivity index (χ1v) is 23.8. The van der Waals surface area contributed by atoms with Gasteiger partial charge in [0, 0.05) is 49.1 Å². The number of carbonyl (C=O) groups excluding carboxylic acids is 2. The van der Waals surface area contributed by atoms with Crippen molar-refractivity contribution in [3.05, 3.63) is 268 Å². The van der Waals surface area contributed by atoms with E-state index in [1.54, 1.807) is 61.2 Å². The molecule has 3 N–H and O–H groups in total. The predicted octanol–water partition coefficient (Wildman–Crippen LogP) is 9.32. The second kappa shape index (κ2) is 26.1. The number of hydrazine groups is 1. The van der Waals surface area contributed by atoms with Gasteiger partial charge in [-0.05, 0) is 89.5 Å². The van der Waals surface area contributed by atoms with Crippen molar-refractivity contribution in [1.29, 1.82) is 0 Å². The maximum Gasteiger partial charge on any atom is 0.340 e. The van der Waals surface area contributed by atoms with Crippen molar-refractivity contribution in [2.75, 3.05) is 7.11 Å². The van der Waals surface area contributed by atoms with Crippen LogP contribution in [0.5, 0.6) is 0 Å². The average molecular weight is 1010 g/mol. The molecule has 0 aliphatic carbocycles. The quantitative estimate of drug-likeness (QED) is 0.0406. The van der Waals surface area contributed by atoms with E-state index in [0.717, 1.165) is 40.0 Å². The van der Waals surface area contributed by atoms with Crippen molar-refractivity contribution < 1.29 is 14.3 Å². The Kier molecular flexibility index (Phi) is 18.0. The summed E-state index contributed by atoms with van der Waals surface area (Å²) in [7, 11) is 1.25. The van der Waals surface area contributed by atoms with Gasteiger partial charge in [-0.1, -0.05) is 121 Å². The fourth-order valence-electron chi connectivity index (χ4n) is 7.51. The number of benzene rings is 3. The van der Waals surface area contributed by atoms with Gasteiger partial charge >= 0.3 is 5.97 Å². The Morgan fingerprint density at radius 3 is 1.52 bits per heavy atom. The third-order valence-electron chi connectivity index (χ3n) is 11.1. The number of pyridine rings is 6. The molecular formula is C58H48N12O4S. The van der Waals surface area contributed by atoms with Gasteiger partial charge in [-0.3, -0.25) is 50.8 Å². The highest BCUT2D eigenvalue weighted by atomic mass is 32.1. The first kappa shape index (κ1) is 51.7. The zero-order valence-corrected chi connectivity index (χ0v) is 41.3. The molecule has 0 saturated carbocycles. The maximum absolute atomic E-state index is 12.8. The summed E-state index contributed by atoms with van der Waals surface area (Å²) < 4.78 is 8.61. The van der Waals surface area contributed by atoms with E-state index in [4.69, 9.17) is 23.2 Å². The van der Waals surface area contributed by atoms with E-state index in [1.165, 1.54) is 35.8 Å². The first-order chi connectivity index (χ1) is 36.8. The second-order valence-corrected chi connectivity index (χ2v) is 16.5. The highest BCUT2D eigenvalue weighted by Gasteiger charge is 2.21.